The first kappa shape index (κ1) is 12.7. The Balaban J connectivity index is 4.11. The fourth-order valence-electron chi connectivity index (χ4n) is 0.828. The summed E-state index contributed by atoms with van der Waals surface area (Å²) in [4.78, 5) is 10.8. The Kier molecular flexibility index (Phi) is 6.06. The summed E-state index contributed by atoms with van der Waals surface area (Å²) in [6.07, 6.45) is -0.744. The summed E-state index contributed by atoms with van der Waals surface area (Å²) in [5.74, 6) is -0.312. The van der Waals surface area contributed by atoms with Crippen LogP contribution in [-0.2, 0) is 4.79 Å². The molecule has 0 aliphatic carbocycles. The second-order valence-electron chi connectivity index (χ2n) is 2.83. The number of carbonyl (C=O) groups is 1. The first-order valence-electron chi connectivity index (χ1n) is 3.98. The largest absolute Gasteiger partial charge is 0.395 e. The molecule has 0 aromatic heterocycles. The zero-order valence-corrected chi connectivity index (χ0v) is 8.37. The number of rotatable bonds is 6. The van der Waals surface area contributed by atoms with E-state index in [1.54, 1.807) is 0 Å². The van der Waals surface area contributed by atoms with Gasteiger partial charge < -0.3 is 15.9 Å². The Morgan fingerprint density at radius 3 is 2.46 bits per heavy atom. The predicted octanol–water partition coefficient (Wildman–Crippen LogP) is -1.90. The molecule has 0 aromatic rings. The standard InChI is InChI=1S/C7H16N2O3S/c1-4(11)5(2-10)9-6(3-13)7(8)12/h4-6,9-11,13H,2-3H2,1H3,(H2,8,12)/t4?,5?,6-/m0/s1. The molecular formula is C7H16N2O3S. The van der Waals surface area contributed by atoms with Crippen molar-refractivity contribution in [2.24, 2.45) is 5.73 Å². The third-order valence-corrected chi connectivity index (χ3v) is 2.09. The van der Waals surface area contributed by atoms with Crippen LogP contribution in [0, 0.1) is 0 Å². The molecule has 0 saturated heterocycles. The molecule has 0 rings (SSSR count). The molecule has 0 radical (unpaired) electrons. The monoisotopic (exact) mass is 208 g/mol. The van der Waals surface area contributed by atoms with Crippen molar-refractivity contribution in [1.29, 1.82) is 0 Å². The van der Waals surface area contributed by atoms with Crippen LogP contribution in [0.4, 0.5) is 0 Å². The Bertz CT molecular complexity index is 166. The summed E-state index contributed by atoms with van der Waals surface area (Å²) in [6.45, 7) is 1.26. The molecule has 0 spiro atoms. The number of amides is 1. The zero-order valence-electron chi connectivity index (χ0n) is 7.47. The number of carbonyl (C=O) groups excluding carboxylic acids is 1. The summed E-state index contributed by atoms with van der Waals surface area (Å²) in [6, 6.07) is -1.18. The highest BCUT2D eigenvalue weighted by atomic mass is 32.1. The molecule has 13 heavy (non-hydrogen) atoms. The minimum Gasteiger partial charge on any atom is -0.395 e. The van der Waals surface area contributed by atoms with Gasteiger partial charge in [-0.05, 0) is 6.92 Å². The van der Waals surface area contributed by atoms with Gasteiger partial charge in [-0.15, -0.1) is 0 Å². The van der Waals surface area contributed by atoms with Gasteiger partial charge in [0.25, 0.3) is 0 Å². The molecular weight excluding hydrogens is 192 g/mol. The maximum atomic E-state index is 10.8. The van der Waals surface area contributed by atoms with Crippen molar-refractivity contribution in [3.8, 4) is 0 Å². The van der Waals surface area contributed by atoms with Gasteiger partial charge >= 0.3 is 0 Å². The fourth-order valence-corrected chi connectivity index (χ4v) is 1.11. The molecule has 5 N–H and O–H groups in total. The smallest absolute Gasteiger partial charge is 0.235 e. The van der Waals surface area contributed by atoms with Crippen LogP contribution in [0.15, 0.2) is 0 Å². The second-order valence-corrected chi connectivity index (χ2v) is 3.20. The summed E-state index contributed by atoms with van der Waals surface area (Å²) in [5.41, 5.74) is 5.04. The maximum absolute atomic E-state index is 10.8. The molecule has 78 valence electrons. The number of aliphatic hydroxyl groups is 2. The highest BCUT2D eigenvalue weighted by Gasteiger charge is 2.20. The minimum absolute atomic E-state index is 0.235. The van der Waals surface area contributed by atoms with Crippen molar-refractivity contribution in [3.63, 3.8) is 0 Å². The van der Waals surface area contributed by atoms with Crippen molar-refractivity contribution in [2.45, 2.75) is 25.1 Å². The minimum atomic E-state index is -0.744. The molecule has 0 aromatic carbocycles. The molecule has 0 aliphatic heterocycles. The lowest BCUT2D eigenvalue weighted by atomic mass is 10.1. The van der Waals surface area contributed by atoms with Crippen molar-refractivity contribution in [3.05, 3.63) is 0 Å². The SMILES string of the molecule is CC(O)C(CO)N[C@@H](CS)C(N)=O. The molecule has 2 unspecified atom stereocenters. The van der Waals surface area contributed by atoms with E-state index in [2.05, 4.69) is 17.9 Å². The van der Waals surface area contributed by atoms with Crippen LogP contribution >= 0.6 is 12.6 Å². The zero-order chi connectivity index (χ0) is 10.4. The fraction of sp³-hybridized carbons (Fsp3) is 0.857. The van der Waals surface area contributed by atoms with E-state index < -0.39 is 24.1 Å². The summed E-state index contributed by atoms with van der Waals surface area (Å²) in [5, 5.41) is 20.7. The number of hydrogen-bond acceptors (Lipinski definition) is 5. The maximum Gasteiger partial charge on any atom is 0.235 e. The van der Waals surface area contributed by atoms with Crippen LogP contribution in [-0.4, -0.2) is 46.7 Å². The van der Waals surface area contributed by atoms with Crippen LogP contribution in [0.5, 0.6) is 0 Å². The van der Waals surface area contributed by atoms with E-state index in [0.717, 1.165) is 0 Å². The molecule has 0 fully saturated rings. The lowest BCUT2D eigenvalue weighted by Gasteiger charge is -2.23. The number of nitrogens with one attached hydrogen (secondary N) is 1. The third-order valence-electron chi connectivity index (χ3n) is 1.72. The van der Waals surface area contributed by atoms with Gasteiger partial charge in [-0.2, -0.15) is 12.6 Å². The molecule has 6 heteroatoms. The van der Waals surface area contributed by atoms with Gasteiger partial charge in [0.2, 0.25) is 5.91 Å². The van der Waals surface area contributed by atoms with Crippen molar-refractivity contribution in [2.75, 3.05) is 12.4 Å². The van der Waals surface area contributed by atoms with Crippen LogP contribution in [0.25, 0.3) is 0 Å². The topological polar surface area (TPSA) is 95.6 Å². The first-order valence-corrected chi connectivity index (χ1v) is 4.61. The van der Waals surface area contributed by atoms with Gasteiger partial charge in [0, 0.05) is 5.75 Å². The third kappa shape index (κ3) is 4.47. The van der Waals surface area contributed by atoms with Gasteiger partial charge in [0.15, 0.2) is 0 Å². The summed E-state index contributed by atoms with van der Waals surface area (Å²) in [7, 11) is 0. The average Bonchev–Trinajstić information content (AvgIpc) is 2.05. The molecule has 0 aliphatic rings. The Morgan fingerprint density at radius 1 is 1.69 bits per heavy atom. The van der Waals surface area contributed by atoms with Crippen LogP contribution in [0.1, 0.15) is 6.92 Å². The lowest BCUT2D eigenvalue weighted by molar-refractivity contribution is -0.119. The Labute approximate surface area is 82.7 Å². The second kappa shape index (κ2) is 6.20. The number of hydrogen-bond donors (Lipinski definition) is 5. The Hall–Kier alpha value is -0.300. The van der Waals surface area contributed by atoms with Crippen molar-refractivity contribution < 1.29 is 15.0 Å². The van der Waals surface area contributed by atoms with Crippen molar-refractivity contribution in [1.82, 2.24) is 5.32 Å². The number of primary amides is 1. The van der Waals surface area contributed by atoms with Crippen LogP contribution < -0.4 is 11.1 Å². The molecule has 3 atom stereocenters. The normalized spacial score (nSPS) is 17.8. The van der Waals surface area contributed by atoms with Gasteiger partial charge in [-0.25, -0.2) is 0 Å². The van der Waals surface area contributed by atoms with Gasteiger partial charge in [0.05, 0.1) is 24.8 Å². The van der Waals surface area contributed by atoms with E-state index in [0.29, 0.717) is 0 Å². The van der Waals surface area contributed by atoms with Crippen LogP contribution in [0.2, 0.25) is 0 Å². The van der Waals surface area contributed by atoms with E-state index in [9.17, 15) is 4.79 Å². The van der Waals surface area contributed by atoms with E-state index in [1.807, 2.05) is 0 Å². The summed E-state index contributed by atoms with van der Waals surface area (Å²) < 4.78 is 0. The highest BCUT2D eigenvalue weighted by molar-refractivity contribution is 7.80. The molecule has 1 amide bonds. The average molecular weight is 208 g/mol. The van der Waals surface area contributed by atoms with Gasteiger partial charge in [-0.3, -0.25) is 10.1 Å². The lowest BCUT2D eigenvalue weighted by Crippen LogP contribution is -2.52. The van der Waals surface area contributed by atoms with E-state index in [4.69, 9.17) is 15.9 Å². The number of aliphatic hydroxyl groups excluding tert-OH is 2. The van der Waals surface area contributed by atoms with E-state index in [-0.39, 0.29) is 12.4 Å². The van der Waals surface area contributed by atoms with Gasteiger partial charge in [0.1, 0.15) is 0 Å². The van der Waals surface area contributed by atoms with E-state index in [1.165, 1.54) is 6.92 Å². The molecule has 0 bridgehead atoms. The van der Waals surface area contributed by atoms with Crippen LogP contribution in [0.3, 0.4) is 0 Å². The molecule has 0 heterocycles. The first-order chi connectivity index (χ1) is 6.02. The van der Waals surface area contributed by atoms with Gasteiger partial charge in [-0.1, -0.05) is 0 Å². The predicted molar refractivity (Wildman–Crippen MR) is 52.5 cm³/mol. The Morgan fingerprint density at radius 2 is 2.23 bits per heavy atom. The molecule has 5 nitrogen and oxygen atoms in total. The van der Waals surface area contributed by atoms with Crippen molar-refractivity contribution >= 4 is 18.5 Å². The highest BCUT2D eigenvalue weighted by Crippen LogP contribution is 1.95. The number of nitrogens with two attached hydrogens (primary N) is 1. The van der Waals surface area contributed by atoms with E-state index >= 15 is 0 Å². The quantitative estimate of drug-likeness (QED) is 0.330. The number of thiol groups is 1. The summed E-state index contributed by atoms with van der Waals surface area (Å²) >= 11 is 3.91. The molecule has 0 saturated carbocycles.